The van der Waals surface area contributed by atoms with Crippen LogP contribution in [0.15, 0.2) is 413 Å². The highest BCUT2D eigenvalue weighted by atomic mass is 15.0. The summed E-state index contributed by atoms with van der Waals surface area (Å²) in [5.74, 6) is 3.90. The van der Waals surface area contributed by atoms with Crippen molar-refractivity contribution in [1.29, 1.82) is 0 Å². The van der Waals surface area contributed by atoms with Crippen LogP contribution in [0.5, 0.6) is 0 Å². The van der Waals surface area contributed by atoms with Crippen molar-refractivity contribution < 1.29 is 0 Å². The monoisotopic (exact) mass is 1400 g/mol. The standard InChI is InChI=1S/2C51H34N4/c1-4-15-35(16-5-1)49-52-50(36-17-6-2-7-18-36)54-51(53-49)43-24-14-23-41(33-43)39-21-12-19-37(31-39)38-20-13-22-40(32-38)42-29-30-48-46(34-42)45-27-10-11-28-47(45)55(48)44-25-8-3-9-26-44;1-4-14-36(15-5-1)49-52-50(37-16-6-2-7-17-37)54-51(53-49)38-28-26-35(27-29-38)39-18-12-19-40(32-39)41-20-13-21-42(33-41)43-30-31-48-46(34-43)45-24-10-11-25-47(45)55(48)44-22-8-3-9-23-44/h2*1-34H. The van der Waals surface area contributed by atoms with E-state index in [1.165, 1.54) is 82.6 Å². The van der Waals surface area contributed by atoms with Crippen LogP contribution in [-0.4, -0.2) is 39.0 Å². The van der Waals surface area contributed by atoms with Gasteiger partial charge in [-0.3, -0.25) is 0 Å². The second-order valence-electron chi connectivity index (χ2n) is 27.4. The van der Waals surface area contributed by atoms with E-state index in [1.807, 2.05) is 121 Å². The van der Waals surface area contributed by atoms with Crippen molar-refractivity contribution in [1.82, 2.24) is 39.0 Å². The highest BCUT2D eigenvalue weighted by Gasteiger charge is 2.19. The summed E-state index contributed by atoms with van der Waals surface area (Å²) in [5.41, 5.74) is 26.8. The molecule has 20 rings (SSSR count). The zero-order valence-electron chi connectivity index (χ0n) is 59.8. The molecule has 0 aliphatic carbocycles. The van der Waals surface area contributed by atoms with Crippen molar-refractivity contribution in [3.05, 3.63) is 413 Å². The largest absolute Gasteiger partial charge is 0.309 e. The molecule has 20 aromatic rings. The van der Waals surface area contributed by atoms with Gasteiger partial charge in [-0.15, -0.1) is 0 Å². The van der Waals surface area contributed by atoms with Crippen LogP contribution < -0.4 is 0 Å². The molecule has 0 fully saturated rings. The van der Waals surface area contributed by atoms with Gasteiger partial charge >= 0.3 is 0 Å². The van der Waals surface area contributed by atoms with Crippen LogP contribution >= 0.6 is 0 Å². The normalized spacial score (nSPS) is 11.3. The minimum atomic E-state index is 0.641. The quantitative estimate of drug-likeness (QED) is 0.108. The molecule has 0 N–H and O–H groups in total. The first kappa shape index (κ1) is 65.9. The maximum atomic E-state index is 4.97. The van der Waals surface area contributed by atoms with Crippen molar-refractivity contribution in [3.8, 4) is 146 Å². The number of hydrogen-bond acceptors (Lipinski definition) is 6. The van der Waals surface area contributed by atoms with Crippen molar-refractivity contribution >= 4 is 43.6 Å². The minimum Gasteiger partial charge on any atom is -0.309 e. The highest BCUT2D eigenvalue weighted by molar-refractivity contribution is 6.12. The Morgan fingerprint density at radius 3 is 0.645 bits per heavy atom. The van der Waals surface area contributed by atoms with E-state index in [4.69, 9.17) is 29.9 Å². The molecule has 16 aromatic carbocycles. The molecule has 0 amide bonds. The molecule has 0 saturated carbocycles. The molecule has 0 aliphatic heterocycles. The third-order valence-corrected chi connectivity index (χ3v) is 20.5. The Bertz CT molecular complexity index is 6630. The third kappa shape index (κ3) is 13.2. The van der Waals surface area contributed by atoms with Gasteiger partial charge in [0.05, 0.1) is 22.1 Å². The molecule has 0 spiro atoms. The number of aromatic nitrogens is 8. The lowest BCUT2D eigenvalue weighted by Gasteiger charge is -2.11. The predicted molar refractivity (Wildman–Crippen MR) is 454 cm³/mol. The summed E-state index contributed by atoms with van der Waals surface area (Å²) in [5, 5.41) is 4.99. The van der Waals surface area contributed by atoms with Gasteiger partial charge < -0.3 is 9.13 Å². The molecule has 0 unspecified atom stereocenters. The lowest BCUT2D eigenvalue weighted by Crippen LogP contribution is -2.00. The molecule has 0 aliphatic rings. The Morgan fingerprint density at radius 2 is 0.327 bits per heavy atom. The van der Waals surface area contributed by atoms with Gasteiger partial charge in [-0.2, -0.15) is 0 Å². The highest BCUT2D eigenvalue weighted by Crippen LogP contribution is 2.40. The zero-order chi connectivity index (χ0) is 73.1. The number of rotatable bonds is 14. The molecule has 0 radical (unpaired) electrons. The summed E-state index contributed by atoms with van der Waals surface area (Å²) >= 11 is 0. The van der Waals surface area contributed by atoms with Crippen LogP contribution in [0.2, 0.25) is 0 Å². The molecule has 4 aromatic heterocycles. The van der Waals surface area contributed by atoms with E-state index >= 15 is 0 Å². The fourth-order valence-electron chi connectivity index (χ4n) is 15.1. The number of hydrogen-bond donors (Lipinski definition) is 0. The molecular weight excluding hydrogens is 1340 g/mol. The number of nitrogens with zero attached hydrogens (tertiary/aromatic N) is 8. The zero-order valence-corrected chi connectivity index (χ0v) is 59.8. The predicted octanol–water partition coefficient (Wildman–Crippen LogP) is 25.9. The molecule has 8 heteroatoms. The van der Waals surface area contributed by atoms with Crippen molar-refractivity contribution in [2.75, 3.05) is 0 Å². The Morgan fingerprint density at radius 1 is 0.127 bits per heavy atom. The van der Waals surface area contributed by atoms with E-state index < -0.39 is 0 Å². The lowest BCUT2D eigenvalue weighted by molar-refractivity contribution is 1.07. The van der Waals surface area contributed by atoms with Gasteiger partial charge in [0.2, 0.25) is 0 Å². The summed E-state index contributed by atoms with van der Waals surface area (Å²) < 4.78 is 4.72. The van der Waals surface area contributed by atoms with Crippen molar-refractivity contribution in [3.63, 3.8) is 0 Å². The van der Waals surface area contributed by atoms with E-state index in [-0.39, 0.29) is 0 Å². The maximum Gasteiger partial charge on any atom is 0.164 e. The Labute approximate surface area is 637 Å². The van der Waals surface area contributed by atoms with E-state index in [0.29, 0.717) is 34.9 Å². The second kappa shape index (κ2) is 29.2. The molecule has 0 saturated heterocycles. The first-order valence-electron chi connectivity index (χ1n) is 37.0. The topological polar surface area (TPSA) is 87.2 Å². The third-order valence-electron chi connectivity index (χ3n) is 20.5. The number of benzene rings is 16. The molecule has 110 heavy (non-hydrogen) atoms. The Kier molecular flexibility index (Phi) is 17.5. The van der Waals surface area contributed by atoms with Gasteiger partial charge in [-0.25, -0.2) is 29.9 Å². The summed E-state index contributed by atoms with van der Waals surface area (Å²) in [7, 11) is 0. The van der Waals surface area contributed by atoms with Crippen LogP contribution in [0, 0.1) is 0 Å². The molecule has 8 nitrogen and oxygen atoms in total. The molecule has 0 bridgehead atoms. The van der Waals surface area contributed by atoms with Crippen LogP contribution in [0.25, 0.3) is 190 Å². The average molecular weight is 1410 g/mol. The van der Waals surface area contributed by atoms with Crippen LogP contribution in [0.3, 0.4) is 0 Å². The van der Waals surface area contributed by atoms with Gasteiger partial charge in [0.15, 0.2) is 34.9 Å². The summed E-state index contributed by atoms with van der Waals surface area (Å²) in [4.78, 5) is 29.5. The second-order valence-corrected chi connectivity index (χ2v) is 27.4. The van der Waals surface area contributed by atoms with Gasteiger partial charge in [-0.1, -0.05) is 322 Å². The van der Waals surface area contributed by atoms with Crippen LogP contribution in [0.1, 0.15) is 0 Å². The van der Waals surface area contributed by atoms with E-state index in [2.05, 4.69) is 300 Å². The van der Waals surface area contributed by atoms with E-state index in [0.717, 1.165) is 72.6 Å². The van der Waals surface area contributed by atoms with Crippen LogP contribution in [-0.2, 0) is 0 Å². The van der Waals surface area contributed by atoms with Gasteiger partial charge in [0.1, 0.15) is 0 Å². The minimum absolute atomic E-state index is 0.641. The fourth-order valence-corrected chi connectivity index (χ4v) is 15.1. The first-order valence-corrected chi connectivity index (χ1v) is 37.0. The van der Waals surface area contributed by atoms with Crippen molar-refractivity contribution in [2.24, 2.45) is 0 Å². The summed E-state index contributed by atoms with van der Waals surface area (Å²) in [6.07, 6.45) is 0. The fraction of sp³-hybridized carbons (Fsp3) is 0. The SMILES string of the molecule is c1ccc(-c2nc(-c3ccccc3)nc(-c3ccc(-c4cccc(-c5cccc(-c6ccc7c(c6)c6ccccc6n7-c6ccccc6)c5)c4)cc3)n2)cc1.c1ccc(-c2nc(-c3ccccc3)nc(-c3cccc(-c4cccc(-c5cccc(-c6ccc7c(c6)c6ccccc6n7-c6ccccc6)c5)c4)c3)n2)cc1. The first-order chi connectivity index (χ1) is 54.5. The summed E-state index contributed by atoms with van der Waals surface area (Å²) in [6.45, 7) is 0. The molecule has 516 valence electrons. The Hall–Kier alpha value is -14.9. The van der Waals surface area contributed by atoms with Gasteiger partial charge in [-0.05, 0) is 158 Å². The Balaban J connectivity index is 0.000000149. The van der Waals surface area contributed by atoms with Gasteiger partial charge in [0, 0.05) is 66.3 Å². The number of fused-ring (bicyclic) bond motifs is 6. The van der Waals surface area contributed by atoms with Gasteiger partial charge in [0.25, 0.3) is 0 Å². The van der Waals surface area contributed by atoms with E-state index in [1.54, 1.807) is 0 Å². The average Bonchev–Trinajstić information content (AvgIpc) is 1.60. The smallest absolute Gasteiger partial charge is 0.164 e. The summed E-state index contributed by atoms with van der Waals surface area (Å²) in [6, 6.07) is 145. The maximum absolute atomic E-state index is 4.97. The van der Waals surface area contributed by atoms with Crippen molar-refractivity contribution in [2.45, 2.75) is 0 Å². The molecule has 0 atom stereocenters. The van der Waals surface area contributed by atoms with Crippen LogP contribution in [0.4, 0.5) is 0 Å². The molecular formula is C102H68N8. The van der Waals surface area contributed by atoms with E-state index in [9.17, 15) is 0 Å². The lowest BCUT2D eigenvalue weighted by atomic mass is 9.95. The molecule has 4 heterocycles. The number of para-hydroxylation sites is 4.